The Bertz CT molecular complexity index is 3640. The summed E-state index contributed by atoms with van der Waals surface area (Å²) < 4.78 is 2.39. The summed E-state index contributed by atoms with van der Waals surface area (Å²) in [6.45, 7) is 0. The molecule has 0 unspecified atom stereocenters. The first-order valence-corrected chi connectivity index (χ1v) is 21.3. The molecule has 0 bridgehead atoms. The van der Waals surface area contributed by atoms with E-state index in [1.165, 1.54) is 81.9 Å². The fraction of sp³-hybridized carbons (Fsp3) is 0. The second-order valence-corrected chi connectivity index (χ2v) is 16.2. The molecule has 0 aliphatic heterocycles. The van der Waals surface area contributed by atoms with Crippen LogP contribution in [0, 0.1) is 0 Å². The maximum atomic E-state index is 2.39. The van der Waals surface area contributed by atoms with E-state index < -0.39 is 0 Å². The number of benzene rings is 11. The SMILES string of the molecule is c1ccc(-n2c3ccccc3c3c(-c4cccc(-c5cccc(N(c6ccc(-c7ccc8ccccc8c7)cc6)c6ccc7c(ccc8ccccc87)c6)c5)c4)cccc32)cc1. The highest BCUT2D eigenvalue weighted by Gasteiger charge is 2.18. The highest BCUT2D eigenvalue weighted by atomic mass is 15.1. The second-order valence-electron chi connectivity index (χ2n) is 16.2. The molecule has 1 aromatic heterocycles. The highest BCUT2D eigenvalue weighted by molar-refractivity contribution is 6.16. The summed E-state index contributed by atoms with van der Waals surface area (Å²) in [6.07, 6.45) is 0. The van der Waals surface area contributed by atoms with Crippen LogP contribution in [0.1, 0.15) is 0 Å². The molecule has 11 aromatic carbocycles. The molecule has 0 amide bonds. The minimum Gasteiger partial charge on any atom is -0.310 e. The van der Waals surface area contributed by atoms with Crippen LogP contribution in [-0.4, -0.2) is 4.57 Å². The Labute approximate surface area is 360 Å². The molecule has 12 aromatic rings. The Hall–Kier alpha value is -8.20. The van der Waals surface area contributed by atoms with Gasteiger partial charge in [-0.25, -0.2) is 0 Å². The minimum atomic E-state index is 1.10. The van der Waals surface area contributed by atoms with Crippen molar-refractivity contribution in [1.29, 1.82) is 0 Å². The molecular formula is C60H40N2. The molecule has 0 fully saturated rings. The zero-order valence-electron chi connectivity index (χ0n) is 34.0. The molecule has 290 valence electrons. The Balaban J connectivity index is 0.974. The maximum absolute atomic E-state index is 2.39. The molecule has 1 heterocycles. The number of nitrogens with zero attached hydrogens (tertiary/aromatic N) is 2. The van der Waals surface area contributed by atoms with Crippen LogP contribution in [0.3, 0.4) is 0 Å². The van der Waals surface area contributed by atoms with Crippen molar-refractivity contribution in [2.75, 3.05) is 4.90 Å². The van der Waals surface area contributed by atoms with Crippen LogP contribution >= 0.6 is 0 Å². The monoisotopic (exact) mass is 788 g/mol. The van der Waals surface area contributed by atoms with E-state index in [2.05, 4.69) is 252 Å². The maximum Gasteiger partial charge on any atom is 0.0547 e. The minimum absolute atomic E-state index is 1.10. The van der Waals surface area contributed by atoms with E-state index in [0.717, 1.165) is 28.3 Å². The van der Waals surface area contributed by atoms with Gasteiger partial charge in [0.25, 0.3) is 0 Å². The van der Waals surface area contributed by atoms with Crippen LogP contribution < -0.4 is 4.90 Å². The van der Waals surface area contributed by atoms with Gasteiger partial charge in [0.05, 0.1) is 11.0 Å². The first-order valence-electron chi connectivity index (χ1n) is 21.3. The van der Waals surface area contributed by atoms with Gasteiger partial charge >= 0.3 is 0 Å². The number of rotatable bonds is 7. The van der Waals surface area contributed by atoms with Crippen LogP contribution in [0.5, 0.6) is 0 Å². The van der Waals surface area contributed by atoms with Crippen molar-refractivity contribution in [2.24, 2.45) is 0 Å². The third kappa shape index (κ3) is 6.12. The molecule has 0 saturated heterocycles. The molecule has 0 N–H and O–H groups in total. The third-order valence-electron chi connectivity index (χ3n) is 12.5. The van der Waals surface area contributed by atoms with Gasteiger partial charge in [0.1, 0.15) is 0 Å². The van der Waals surface area contributed by atoms with Crippen LogP contribution in [0.4, 0.5) is 17.1 Å². The van der Waals surface area contributed by atoms with Crippen molar-refractivity contribution in [2.45, 2.75) is 0 Å². The standard InChI is InChI=1S/C60H40N2/c1-2-19-50(20-3-1)62-58-25-9-8-23-57(58)60-56(24-12-26-59(60)62)48-18-10-16-45(38-48)46-17-11-21-52(39-46)61(53-35-36-55-49(40-53)30-28-43-14-6-7-22-54(43)55)51-33-31-42(32-34-51)47-29-27-41-13-4-5-15-44(41)37-47/h1-40H. The van der Waals surface area contributed by atoms with E-state index in [9.17, 15) is 0 Å². The Morgan fingerprint density at radius 3 is 1.73 bits per heavy atom. The van der Waals surface area contributed by atoms with E-state index in [4.69, 9.17) is 0 Å². The molecule has 0 saturated carbocycles. The quantitative estimate of drug-likeness (QED) is 0.146. The number of fused-ring (bicyclic) bond motifs is 7. The normalized spacial score (nSPS) is 11.5. The predicted octanol–water partition coefficient (Wildman–Crippen LogP) is 16.7. The van der Waals surface area contributed by atoms with Gasteiger partial charge in [-0.15, -0.1) is 0 Å². The molecule has 0 spiro atoms. The summed E-state index contributed by atoms with van der Waals surface area (Å²) in [4.78, 5) is 2.39. The van der Waals surface area contributed by atoms with Gasteiger partial charge in [-0.1, -0.05) is 170 Å². The zero-order valence-corrected chi connectivity index (χ0v) is 34.0. The average molecular weight is 789 g/mol. The smallest absolute Gasteiger partial charge is 0.0547 e. The lowest BCUT2D eigenvalue weighted by molar-refractivity contribution is 1.18. The topological polar surface area (TPSA) is 8.17 Å². The number of anilines is 3. The van der Waals surface area contributed by atoms with Crippen molar-refractivity contribution < 1.29 is 0 Å². The van der Waals surface area contributed by atoms with Crippen molar-refractivity contribution in [3.8, 4) is 39.1 Å². The first kappa shape index (κ1) is 35.7. The lowest BCUT2D eigenvalue weighted by atomic mass is 9.95. The predicted molar refractivity (Wildman–Crippen MR) is 264 cm³/mol. The van der Waals surface area contributed by atoms with E-state index in [0.29, 0.717) is 0 Å². The van der Waals surface area contributed by atoms with Gasteiger partial charge in [-0.05, 0) is 138 Å². The lowest BCUT2D eigenvalue weighted by Gasteiger charge is -2.27. The summed E-state index contributed by atoms with van der Waals surface area (Å²) in [5, 5.41) is 10.0. The van der Waals surface area contributed by atoms with E-state index in [1.807, 2.05) is 0 Å². The summed E-state index contributed by atoms with van der Waals surface area (Å²) >= 11 is 0. The van der Waals surface area contributed by atoms with Crippen LogP contribution in [0.2, 0.25) is 0 Å². The molecule has 2 heteroatoms. The Kier molecular flexibility index (Phi) is 8.53. The van der Waals surface area contributed by atoms with Gasteiger partial charge in [-0.2, -0.15) is 0 Å². The molecule has 0 atom stereocenters. The molecule has 12 rings (SSSR count). The van der Waals surface area contributed by atoms with Crippen molar-refractivity contribution in [3.05, 3.63) is 243 Å². The molecule has 2 nitrogen and oxygen atoms in total. The van der Waals surface area contributed by atoms with E-state index in [-0.39, 0.29) is 0 Å². The number of aromatic nitrogens is 1. The largest absolute Gasteiger partial charge is 0.310 e. The van der Waals surface area contributed by atoms with Crippen molar-refractivity contribution >= 4 is 71.2 Å². The van der Waals surface area contributed by atoms with E-state index in [1.54, 1.807) is 0 Å². The fourth-order valence-corrected chi connectivity index (χ4v) is 9.56. The number of hydrogen-bond acceptors (Lipinski definition) is 1. The van der Waals surface area contributed by atoms with Crippen LogP contribution in [-0.2, 0) is 0 Å². The fourth-order valence-electron chi connectivity index (χ4n) is 9.56. The zero-order chi connectivity index (χ0) is 41.0. The Morgan fingerprint density at radius 1 is 0.274 bits per heavy atom. The average Bonchev–Trinajstić information content (AvgIpc) is 3.69. The van der Waals surface area contributed by atoms with E-state index >= 15 is 0 Å². The molecule has 0 aliphatic carbocycles. The van der Waals surface area contributed by atoms with Gasteiger partial charge in [-0.3, -0.25) is 0 Å². The number of hydrogen-bond donors (Lipinski definition) is 0. The van der Waals surface area contributed by atoms with Crippen molar-refractivity contribution in [3.63, 3.8) is 0 Å². The van der Waals surface area contributed by atoms with Gasteiger partial charge in [0.2, 0.25) is 0 Å². The highest BCUT2D eigenvalue weighted by Crippen LogP contribution is 2.42. The summed E-state index contributed by atoms with van der Waals surface area (Å²) in [7, 11) is 0. The summed E-state index contributed by atoms with van der Waals surface area (Å²) in [6, 6.07) is 88.5. The molecule has 0 aliphatic rings. The van der Waals surface area contributed by atoms with Crippen LogP contribution in [0.25, 0.3) is 93.2 Å². The van der Waals surface area contributed by atoms with Gasteiger partial charge < -0.3 is 9.47 Å². The second kappa shape index (κ2) is 14.8. The van der Waals surface area contributed by atoms with Crippen LogP contribution in [0.15, 0.2) is 243 Å². The first-order chi connectivity index (χ1) is 30.7. The molecular weight excluding hydrogens is 749 g/mol. The summed E-state index contributed by atoms with van der Waals surface area (Å²) in [5.74, 6) is 0. The van der Waals surface area contributed by atoms with Crippen molar-refractivity contribution in [1.82, 2.24) is 4.57 Å². The molecule has 62 heavy (non-hydrogen) atoms. The van der Waals surface area contributed by atoms with Gasteiger partial charge in [0, 0.05) is 33.5 Å². The third-order valence-corrected chi connectivity index (χ3v) is 12.5. The van der Waals surface area contributed by atoms with Gasteiger partial charge in [0.15, 0.2) is 0 Å². The number of para-hydroxylation sites is 2. The summed E-state index contributed by atoms with van der Waals surface area (Å²) in [5.41, 5.74) is 14.0. The lowest BCUT2D eigenvalue weighted by Crippen LogP contribution is -2.10. The Morgan fingerprint density at radius 2 is 0.855 bits per heavy atom. The molecule has 0 radical (unpaired) electrons.